The van der Waals surface area contributed by atoms with E-state index in [0.717, 1.165) is 21.2 Å². The molecule has 3 aromatic rings. The number of nitrogens with one attached hydrogen (secondary N) is 1. The topological polar surface area (TPSA) is 96.0 Å². The SMILES string of the molecule is COC(=O)c1ccc2c(c1)CCN2C(=O)CN1C(=O)NC(C)(c2ccc3ccccc3c2)C1=O. The molecule has 172 valence electrons. The third-order valence-electron chi connectivity index (χ3n) is 6.59. The summed E-state index contributed by atoms with van der Waals surface area (Å²) in [6.45, 7) is 1.69. The van der Waals surface area contributed by atoms with Crippen molar-refractivity contribution >= 4 is 40.3 Å². The largest absolute Gasteiger partial charge is 0.465 e. The average Bonchev–Trinajstić information content (AvgIpc) is 3.37. The number of methoxy groups -OCH3 is 1. The fourth-order valence-electron chi connectivity index (χ4n) is 4.66. The number of carbonyl (C=O) groups is 4. The molecular weight excluding hydrogens is 434 g/mol. The predicted octanol–water partition coefficient (Wildman–Crippen LogP) is 2.98. The van der Waals surface area contributed by atoms with Crippen LogP contribution in [0.15, 0.2) is 60.7 Å². The zero-order valence-electron chi connectivity index (χ0n) is 18.8. The molecule has 4 amide bonds. The first-order valence-corrected chi connectivity index (χ1v) is 11.0. The lowest BCUT2D eigenvalue weighted by atomic mass is 9.90. The lowest BCUT2D eigenvalue weighted by Crippen LogP contribution is -2.44. The number of urea groups is 1. The van der Waals surface area contributed by atoms with Gasteiger partial charge in [0.25, 0.3) is 5.91 Å². The van der Waals surface area contributed by atoms with Crippen molar-refractivity contribution < 1.29 is 23.9 Å². The standard InChI is InChI=1S/C26H23N3O5/c1-26(20-9-7-16-5-3-4-6-17(16)14-20)24(32)29(25(33)27-26)15-22(30)28-12-11-18-13-19(23(31)34-2)8-10-21(18)28/h3-10,13-14H,11-12,15H2,1-2H3,(H,27,33). The Hall–Kier alpha value is -4.20. The van der Waals surface area contributed by atoms with Crippen molar-refractivity contribution in [3.63, 3.8) is 0 Å². The van der Waals surface area contributed by atoms with Gasteiger partial charge in [-0.25, -0.2) is 9.59 Å². The maximum atomic E-state index is 13.3. The molecule has 1 saturated heterocycles. The molecule has 0 radical (unpaired) electrons. The number of anilines is 1. The molecule has 8 heteroatoms. The van der Waals surface area contributed by atoms with E-state index >= 15 is 0 Å². The van der Waals surface area contributed by atoms with Gasteiger partial charge in [-0.05, 0) is 59.5 Å². The summed E-state index contributed by atoms with van der Waals surface area (Å²) in [5.74, 6) is -1.28. The first-order chi connectivity index (χ1) is 16.3. The van der Waals surface area contributed by atoms with Gasteiger partial charge in [0, 0.05) is 12.2 Å². The number of benzene rings is 3. The lowest BCUT2D eigenvalue weighted by Gasteiger charge is -2.24. The normalized spacial score (nSPS) is 19.4. The molecule has 2 aliphatic heterocycles. The molecule has 0 bridgehead atoms. The number of rotatable bonds is 4. The first-order valence-electron chi connectivity index (χ1n) is 11.0. The van der Waals surface area contributed by atoms with Crippen molar-refractivity contribution in [3.05, 3.63) is 77.4 Å². The minimum absolute atomic E-state index is 0.365. The lowest BCUT2D eigenvalue weighted by molar-refractivity contribution is -0.134. The molecule has 1 N–H and O–H groups in total. The fraction of sp³-hybridized carbons (Fsp3) is 0.231. The van der Waals surface area contributed by atoms with Crippen molar-refractivity contribution in [2.24, 2.45) is 0 Å². The number of amides is 4. The van der Waals surface area contributed by atoms with E-state index < -0.39 is 23.4 Å². The van der Waals surface area contributed by atoms with Crippen LogP contribution in [0.1, 0.15) is 28.4 Å². The summed E-state index contributed by atoms with van der Waals surface area (Å²) in [6, 6.07) is 17.8. The van der Waals surface area contributed by atoms with E-state index in [1.165, 1.54) is 7.11 Å². The highest BCUT2D eigenvalue weighted by Gasteiger charge is 2.50. The Morgan fingerprint density at radius 1 is 1.03 bits per heavy atom. The van der Waals surface area contributed by atoms with Crippen molar-refractivity contribution in [1.29, 1.82) is 0 Å². The smallest absolute Gasteiger partial charge is 0.337 e. The van der Waals surface area contributed by atoms with Crippen LogP contribution in [0.4, 0.5) is 10.5 Å². The summed E-state index contributed by atoms with van der Waals surface area (Å²) >= 11 is 0. The van der Waals surface area contributed by atoms with Crippen LogP contribution in [0.3, 0.4) is 0 Å². The third-order valence-corrected chi connectivity index (χ3v) is 6.59. The number of hydrogen-bond donors (Lipinski definition) is 1. The number of ether oxygens (including phenoxy) is 1. The fourth-order valence-corrected chi connectivity index (χ4v) is 4.66. The molecule has 5 rings (SSSR count). The average molecular weight is 457 g/mol. The van der Waals surface area contributed by atoms with Gasteiger partial charge in [0.05, 0.1) is 12.7 Å². The molecule has 1 unspecified atom stereocenters. The van der Waals surface area contributed by atoms with E-state index in [4.69, 9.17) is 4.74 Å². The van der Waals surface area contributed by atoms with E-state index in [1.54, 1.807) is 30.0 Å². The van der Waals surface area contributed by atoms with Gasteiger partial charge in [-0.2, -0.15) is 0 Å². The van der Waals surface area contributed by atoms with E-state index in [2.05, 4.69) is 5.32 Å². The summed E-state index contributed by atoms with van der Waals surface area (Å²) in [7, 11) is 1.31. The minimum Gasteiger partial charge on any atom is -0.465 e. The third kappa shape index (κ3) is 3.39. The van der Waals surface area contributed by atoms with Crippen molar-refractivity contribution in [1.82, 2.24) is 10.2 Å². The molecule has 8 nitrogen and oxygen atoms in total. The monoisotopic (exact) mass is 457 g/mol. The highest BCUT2D eigenvalue weighted by molar-refractivity contribution is 6.11. The van der Waals surface area contributed by atoms with Gasteiger partial charge in [0.2, 0.25) is 5.91 Å². The van der Waals surface area contributed by atoms with Crippen LogP contribution in [-0.2, 0) is 26.3 Å². The van der Waals surface area contributed by atoms with Gasteiger partial charge < -0.3 is 15.0 Å². The Balaban J connectivity index is 1.36. The van der Waals surface area contributed by atoms with Crippen LogP contribution < -0.4 is 10.2 Å². The zero-order chi connectivity index (χ0) is 24.0. The molecule has 34 heavy (non-hydrogen) atoms. The Labute approximate surface area is 196 Å². The second-order valence-corrected chi connectivity index (χ2v) is 8.64. The van der Waals surface area contributed by atoms with E-state index in [0.29, 0.717) is 29.8 Å². The number of esters is 1. The van der Waals surface area contributed by atoms with Crippen molar-refractivity contribution in [3.8, 4) is 0 Å². The number of fused-ring (bicyclic) bond motifs is 2. The highest BCUT2D eigenvalue weighted by atomic mass is 16.5. The molecule has 2 aliphatic rings. The quantitative estimate of drug-likeness (QED) is 0.480. The number of carbonyl (C=O) groups excluding carboxylic acids is 4. The van der Waals surface area contributed by atoms with Crippen LogP contribution in [0.2, 0.25) is 0 Å². The van der Waals surface area contributed by atoms with Gasteiger partial charge in [0.15, 0.2) is 0 Å². The van der Waals surface area contributed by atoms with Gasteiger partial charge in [-0.3, -0.25) is 14.5 Å². The second-order valence-electron chi connectivity index (χ2n) is 8.64. The zero-order valence-corrected chi connectivity index (χ0v) is 18.8. The molecular formula is C26H23N3O5. The van der Waals surface area contributed by atoms with Crippen LogP contribution in [0, 0.1) is 0 Å². The second kappa shape index (κ2) is 7.98. The molecule has 0 aromatic heterocycles. The Morgan fingerprint density at radius 2 is 1.79 bits per heavy atom. The molecule has 1 atom stereocenters. The molecule has 0 spiro atoms. The molecule has 1 fully saturated rings. The number of nitrogens with zero attached hydrogens (tertiary/aromatic N) is 2. The molecule has 0 aliphatic carbocycles. The maximum Gasteiger partial charge on any atom is 0.337 e. The van der Waals surface area contributed by atoms with Crippen LogP contribution in [0.5, 0.6) is 0 Å². The molecule has 2 heterocycles. The summed E-state index contributed by atoms with van der Waals surface area (Å²) in [4.78, 5) is 53.5. The molecule has 0 saturated carbocycles. The number of imide groups is 1. The first kappa shape index (κ1) is 21.6. The minimum atomic E-state index is -1.26. The Kier molecular flexibility index (Phi) is 5.08. The number of hydrogen-bond acceptors (Lipinski definition) is 5. The summed E-state index contributed by atoms with van der Waals surface area (Å²) in [6.07, 6.45) is 0.570. The highest BCUT2D eigenvalue weighted by Crippen LogP contribution is 2.33. The van der Waals surface area contributed by atoms with Crippen molar-refractivity contribution in [2.75, 3.05) is 25.1 Å². The van der Waals surface area contributed by atoms with Gasteiger partial charge >= 0.3 is 12.0 Å². The summed E-state index contributed by atoms with van der Waals surface area (Å²) in [5.41, 5.74) is 1.31. The van der Waals surface area contributed by atoms with E-state index in [-0.39, 0.29) is 12.5 Å². The Morgan fingerprint density at radius 3 is 2.56 bits per heavy atom. The van der Waals surface area contributed by atoms with Gasteiger partial charge in [-0.15, -0.1) is 0 Å². The van der Waals surface area contributed by atoms with Crippen LogP contribution >= 0.6 is 0 Å². The summed E-state index contributed by atoms with van der Waals surface area (Å²) < 4.78 is 4.75. The molecule has 3 aromatic carbocycles. The van der Waals surface area contributed by atoms with Gasteiger partial charge in [0.1, 0.15) is 12.1 Å². The van der Waals surface area contributed by atoms with Crippen molar-refractivity contribution in [2.45, 2.75) is 18.9 Å². The van der Waals surface area contributed by atoms with Gasteiger partial charge in [-0.1, -0.05) is 36.4 Å². The van der Waals surface area contributed by atoms with Crippen LogP contribution in [0.25, 0.3) is 10.8 Å². The summed E-state index contributed by atoms with van der Waals surface area (Å²) in [5, 5.41) is 4.75. The Bertz CT molecular complexity index is 1370. The predicted molar refractivity (Wildman–Crippen MR) is 125 cm³/mol. The maximum absolute atomic E-state index is 13.3. The van der Waals surface area contributed by atoms with Crippen LogP contribution in [-0.4, -0.2) is 48.9 Å². The van der Waals surface area contributed by atoms with E-state index in [1.807, 2.05) is 42.5 Å². The van der Waals surface area contributed by atoms with E-state index in [9.17, 15) is 19.2 Å².